The molecule has 12 heteroatoms. The van der Waals surface area contributed by atoms with Crippen molar-refractivity contribution in [2.45, 2.75) is 39.9 Å². The molecule has 1 aromatic carbocycles. The molecule has 0 unspecified atom stereocenters. The third kappa shape index (κ3) is 5.73. The number of likely N-dealkylation sites (N-methyl/N-ethyl adjacent to an activating group) is 1. The lowest BCUT2D eigenvalue weighted by Crippen LogP contribution is -2.72. The van der Waals surface area contributed by atoms with E-state index in [9.17, 15) is 5.11 Å². The molecular formula is C28H37BrClN7O3. The maximum Gasteiger partial charge on any atom is 0.163 e. The van der Waals surface area contributed by atoms with Gasteiger partial charge in [0.25, 0.3) is 0 Å². The molecule has 5 rings (SSSR count). The number of aryl methyl sites for hydroxylation is 1. The van der Waals surface area contributed by atoms with E-state index in [1.54, 1.807) is 19.2 Å². The lowest BCUT2D eigenvalue weighted by molar-refractivity contribution is -0.273. The van der Waals surface area contributed by atoms with Gasteiger partial charge < -0.3 is 20.1 Å². The lowest BCUT2D eigenvalue weighted by Gasteiger charge is -2.60. The number of aliphatic hydroxyl groups excluding tert-OH is 1. The van der Waals surface area contributed by atoms with Gasteiger partial charge in [0, 0.05) is 61.9 Å². The summed E-state index contributed by atoms with van der Waals surface area (Å²) >= 11 is 10.3. The maximum absolute atomic E-state index is 10.1. The lowest BCUT2D eigenvalue weighted by atomic mass is 9.74. The van der Waals surface area contributed by atoms with Crippen LogP contribution in [0.1, 0.15) is 25.0 Å². The van der Waals surface area contributed by atoms with Crippen LogP contribution in [0.15, 0.2) is 22.8 Å². The smallest absolute Gasteiger partial charge is 0.163 e. The predicted molar refractivity (Wildman–Crippen MR) is 160 cm³/mol. The van der Waals surface area contributed by atoms with E-state index in [1.165, 1.54) is 0 Å². The molecule has 4 heterocycles. The maximum atomic E-state index is 10.1. The van der Waals surface area contributed by atoms with Gasteiger partial charge >= 0.3 is 0 Å². The van der Waals surface area contributed by atoms with Crippen LogP contribution in [-0.4, -0.2) is 88.5 Å². The monoisotopic (exact) mass is 633 g/mol. The minimum Gasteiger partial charge on any atom is -0.491 e. The number of anilines is 1. The van der Waals surface area contributed by atoms with Gasteiger partial charge in [-0.15, -0.1) is 0 Å². The molecule has 0 bridgehead atoms. The number of hydrogen-bond acceptors (Lipinski definition) is 9. The Bertz CT molecular complexity index is 1380. The highest BCUT2D eigenvalue weighted by Crippen LogP contribution is 2.44. The van der Waals surface area contributed by atoms with Crippen LogP contribution in [0.4, 0.5) is 5.82 Å². The van der Waals surface area contributed by atoms with Crippen molar-refractivity contribution in [2.75, 3.05) is 51.3 Å². The van der Waals surface area contributed by atoms with Crippen LogP contribution in [0, 0.1) is 19.3 Å². The van der Waals surface area contributed by atoms with Crippen molar-refractivity contribution in [2.24, 2.45) is 12.5 Å². The topological polar surface area (TPSA) is 101 Å². The molecule has 2 N–H and O–H groups in total. The van der Waals surface area contributed by atoms with Gasteiger partial charge in [-0.3, -0.25) is 9.52 Å². The second kappa shape index (κ2) is 11.5. The quantitative estimate of drug-likeness (QED) is 0.343. The Morgan fingerprint density at radius 3 is 2.50 bits per heavy atom. The van der Waals surface area contributed by atoms with Crippen LogP contribution in [0.3, 0.4) is 0 Å². The Morgan fingerprint density at radius 1 is 1.15 bits per heavy atom. The summed E-state index contributed by atoms with van der Waals surface area (Å²) < 4.78 is 8.49. The fourth-order valence-corrected chi connectivity index (χ4v) is 6.16. The normalized spacial score (nSPS) is 17.3. The summed E-state index contributed by atoms with van der Waals surface area (Å²) in [5, 5.41) is 20.2. The third-order valence-corrected chi connectivity index (χ3v) is 8.45. The number of halogens is 2. The summed E-state index contributed by atoms with van der Waals surface area (Å²) in [6, 6.07) is 5.40. The molecule has 10 nitrogen and oxygen atoms in total. The zero-order chi connectivity index (χ0) is 28.8. The first-order chi connectivity index (χ1) is 19.0. The molecule has 3 aromatic rings. The molecule has 1 atom stereocenters. The van der Waals surface area contributed by atoms with Crippen LogP contribution in [0.2, 0.25) is 5.02 Å². The molecule has 0 amide bonds. The number of hydroxylamine groups is 2. The molecule has 2 aliphatic rings. The molecular weight excluding hydrogens is 598 g/mol. The molecule has 2 saturated heterocycles. The summed E-state index contributed by atoms with van der Waals surface area (Å²) in [5.41, 5.74) is 4.61. The van der Waals surface area contributed by atoms with E-state index in [4.69, 9.17) is 31.1 Å². The molecule has 2 aliphatic heterocycles. The number of aliphatic hydroxyl groups is 1. The fourth-order valence-electron chi connectivity index (χ4n) is 5.53. The van der Waals surface area contributed by atoms with Gasteiger partial charge in [-0.2, -0.15) is 10.2 Å². The fraction of sp³-hybridized carbons (Fsp3) is 0.536. The first-order valence-corrected chi connectivity index (χ1v) is 14.7. The zero-order valence-electron chi connectivity index (χ0n) is 23.8. The van der Waals surface area contributed by atoms with Crippen molar-refractivity contribution in [1.82, 2.24) is 30.1 Å². The first-order valence-electron chi connectivity index (χ1n) is 13.5. The van der Waals surface area contributed by atoms with E-state index in [-0.39, 0.29) is 18.1 Å². The average Bonchev–Trinajstić information content (AvgIpc) is 3.10. The molecule has 2 aromatic heterocycles. The van der Waals surface area contributed by atoms with Gasteiger partial charge in [-0.05, 0) is 68.9 Å². The second-order valence-electron chi connectivity index (χ2n) is 11.2. The highest BCUT2D eigenvalue weighted by atomic mass is 79.9. The molecule has 0 radical (unpaired) electrons. The summed E-state index contributed by atoms with van der Waals surface area (Å²) in [5.74, 6) is 1.99. The number of ether oxygens (including phenoxy) is 1. The SMILES string of the molecule is CNC[C@@H](O)COc1ccc(Cl)c(-c2nc(-c3c(C)c(Br)nn3C)c(C)c(N3CC4(CN(OC(C)C)C4)C3)n2)c1. The Hall–Kier alpha value is -2.28. The number of rotatable bonds is 10. The van der Waals surface area contributed by atoms with Crippen LogP contribution in [0.25, 0.3) is 22.8 Å². The van der Waals surface area contributed by atoms with E-state index < -0.39 is 6.10 Å². The van der Waals surface area contributed by atoms with Gasteiger partial charge in [0.15, 0.2) is 5.82 Å². The highest BCUT2D eigenvalue weighted by molar-refractivity contribution is 9.10. The summed E-state index contributed by atoms with van der Waals surface area (Å²) in [7, 11) is 3.71. The Morgan fingerprint density at radius 2 is 1.88 bits per heavy atom. The third-order valence-electron chi connectivity index (χ3n) is 7.37. The van der Waals surface area contributed by atoms with Crippen molar-refractivity contribution in [3.63, 3.8) is 0 Å². The zero-order valence-corrected chi connectivity index (χ0v) is 26.2. The summed E-state index contributed by atoms with van der Waals surface area (Å²) in [4.78, 5) is 18.3. The van der Waals surface area contributed by atoms with Gasteiger partial charge in [0.05, 0.1) is 22.5 Å². The first kappa shape index (κ1) is 29.2. The van der Waals surface area contributed by atoms with Gasteiger partial charge in [-0.1, -0.05) is 11.6 Å². The van der Waals surface area contributed by atoms with Crippen molar-refractivity contribution in [1.29, 1.82) is 0 Å². The highest BCUT2D eigenvalue weighted by Gasteiger charge is 2.53. The molecule has 216 valence electrons. The Balaban J connectivity index is 1.50. The minimum atomic E-state index is -0.628. The van der Waals surface area contributed by atoms with Crippen LogP contribution >= 0.6 is 27.5 Å². The standard InChI is InChI=1S/C28H37BrClN7O3/c1-16(2)40-37-14-28(15-37)12-36(13-28)27-17(3)23(24-18(4)25(29)34-35(24)6)32-26(33-27)21-9-20(7-8-22(21)30)39-11-19(38)10-31-5/h7-9,16,19,31,38H,10-15H2,1-6H3/t19-/m1/s1. The molecule has 0 saturated carbocycles. The largest absolute Gasteiger partial charge is 0.491 e. The van der Waals surface area contributed by atoms with Crippen molar-refractivity contribution < 1.29 is 14.7 Å². The van der Waals surface area contributed by atoms with E-state index in [1.807, 2.05) is 24.7 Å². The minimum absolute atomic E-state index is 0.156. The average molecular weight is 635 g/mol. The number of nitrogens with one attached hydrogen (secondary N) is 1. The van der Waals surface area contributed by atoms with E-state index in [0.29, 0.717) is 28.7 Å². The molecule has 0 aliphatic carbocycles. The van der Waals surface area contributed by atoms with Crippen LogP contribution < -0.4 is 15.0 Å². The predicted octanol–water partition coefficient (Wildman–Crippen LogP) is 4.00. The van der Waals surface area contributed by atoms with Crippen LogP contribution in [0.5, 0.6) is 5.75 Å². The Kier molecular flexibility index (Phi) is 8.43. The number of hydrogen-bond donors (Lipinski definition) is 2. The van der Waals surface area contributed by atoms with Gasteiger partial charge in [0.2, 0.25) is 0 Å². The van der Waals surface area contributed by atoms with E-state index in [2.05, 4.69) is 57.1 Å². The molecule has 1 spiro atoms. The number of aromatic nitrogens is 4. The van der Waals surface area contributed by atoms with Crippen molar-refractivity contribution in [3.8, 4) is 28.5 Å². The molecule has 40 heavy (non-hydrogen) atoms. The van der Waals surface area contributed by atoms with Crippen LogP contribution in [-0.2, 0) is 11.9 Å². The summed E-state index contributed by atoms with van der Waals surface area (Å²) in [6.07, 6.45) is -0.448. The second-order valence-corrected chi connectivity index (χ2v) is 12.4. The van der Waals surface area contributed by atoms with Crippen molar-refractivity contribution >= 4 is 33.3 Å². The van der Waals surface area contributed by atoms with Gasteiger partial charge in [0.1, 0.15) is 28.9 Å². The van der Waals surface area contributed by atoms with Gasteiger partial charge in [-0.25, -0.2) is 9.97 Å². The number of nitrogens with zero attached hydrogens (tertiary/aromatic N) is 6. The van der Waals surface area contributed by atoms with Crippen molar-refractivity contribution in [3.05, 3.63) is 39.0 Å². The molecule has 2 fully saturated rings. The Labute approximate surface area is 248 Å². The van der Waals surface area contributed by atoms with E-state index >= 15 is 0 Å². The summed E-state index contributed by atoms with van der Waals surface area (Å²) in [6.45, 7) is 12.4. The number of benzene rings is 1. The van der Waals surface area contributed by atoms with E-state index in [0.717, 1.165) is 59.1 Å².